The van der Waals surface area contributed by atoms with Crippen LogP contribution < -0.4 is 9.47 Å². The molecule has 0 spiro atoms. The Hall–Kier alpha value is -2.90. The molecule has 1 fully saturated rings. The molecule has 210 valence electrons. The van der Waals surface area contributed by atoms with Gasteiger partial charge in [-0.05, 0) is 73.1 Å². The number of hydrogen-bond acceptors (Lipinski definition) is 6. The van der Waals surface area contributed by atoms with Crippen LogP contribution in [0.5, 0.6) is 11.5 Å². The lowest BCUT2D eigenvalue weighted by Gasteiger charge is -2.22. The SMILES string of the molecule is Cc1c(OCCCN(CCO)Cc2ccccc2)cccc1-c1cccc(OCCCN2CCC(O)C2)c1C. The molecule has 1 atom stereocenters. The lowest BCUT2D eigenvalue weighted by molar-refractivity contribution is 0.173. The molecule has 1 heterocycles. The first kappa shape index (κ1) is 29.1. The van der Waals surface area contributed by atoms with Gasteiger partial charge in [0.1, 0.15) is 11.5 Å². The summed E-state index contributed by atoms with van der Waals surface area (Å²) in [5.41, 5.74) is 5.84. The van der Waals surface area contributed by atoms with Gasteiger partial charge in [0.2, 0.25) is 0 Å². The van der Waals surface area contributed by atoms with Crippen molar-refractivity contribution in [1.29, 1.82) is 0 Å². The Kier molecular flexibility index (Phi) is 11.2. The first-order chi connectivity index (χ1) is 19.0. The summed E-state index contributed by atoms with van der Waals surface area (Å²) in [5.74, 6) is 1.82. The second-order valence-electron chi connectivity index (χ2n) is 10.5. The molecule has 3 aromatic carbocycles. The third-order valence-electron chi connectivity index (χ3n) is 7.52. The lowest BCUT2D eigenvalue weighted by Crippen LogP contribution is -2.28. The minimum atomic E-state index is -0.173. The predicted octanol–water partition coefficient (Wildman–Crippen LogP) is 5.07. The van der Waals surface area contributed by atoms with E-state index in [0.29, 0.717) is 19.8 Å². The fraction of sp³-hybridized carbons (Fsp3) is 0.455. The number of nitrogens with zero attached hydrogens (tertiary/aromatic N) is 2. The van der Waals surface area contributed by atoms with Gasteiger partial charge < -0.3 is 24.6 Å². The van der Waals surface area contributed by atoms with Crippen molar-refractivity contribution in [1.82, 2.24) is 9.80 Å². The van der Waals surface area contributed by atoms with Gasteiger partial charge in [0.05, 0.1) is 25.9 Å². The van der Waals surface area contributed by atoms with Crippen LogP contribution in [0.1, 0.15) is 36.0 Å². The van der Waals surface area contributed by atoms with Gasteiger partial charge in [0.25, 0.3) is 0 Å². The molecular formula is C33H44N2O4. The zero-order valence-corrected chi connectivity index (χ0v) is 23.5. The number of hydrogen-bond donors (Lipinski definition) is 2. The number of benzene rings is 3. The number of aliphatic hydroxyl groups is 2. The molecule has 6 heteroatoms. The van der Waals surface area contributed by atoms with Crippen molar-refractivity contribution in [2.24, 2.45) is 0 Å². The maximum atomic E-state index is 9.71. The van der Waals surface area contributed by atoms with Crippen LogP contribution in [0, 0.1) is 13.8 Å². The maximum Gasteiger partial charge on any atom is 0.122 e. The molecule has 0 radical (unpaired) electrons. The quantitative estimate of drug-likeness (QED) is 0.267. The van der Waals surface area contributed by atoms with E-state index < -0.39 is 0 Å². The zero-order chi connectivity index (χ0) is 27.5. The van der Waals surface area contributed by atoms with Crippen molar-refractivity contribution >= 4 is 0 Å². The van der Waals surface area contributed by atoms with Gasteiger partial charge in [0.15, 0.2) is 0 Å². The van der Waals surface area contributed by atoms with Crippen LogP contribution in [0.4, 0.5) is 0 Å². The minimum Gasteiger partial charge on any atom is -0.493 e. The molecule has 6 nitrogen and oxygen atoms in total. The van der Waals surface area contributed by atoms with Crippen LogP contribution in [0.15, 0.2) is 66.7 Å². The van der Waals surface area contributed by atoms with Crippen LogP contribution in [0.2, 0.25) is 0 Å². The highest BCUT2D eigenvalue weighted by molar-refractivity contribution is 5.74. The van der Waals surface area contributed by atoms with Crippen LogP contribution in [-0.2, 0) is 6.54 Å². The summed E-state index contributed by atoms with van der Waals surface area (Å²) in [6, 6.07) is 22.9. The van der Waals surface area contributed by atoms with E-state index in [9.17, 15) is 10.2 Å². The van der Waals surface area contributed by atoms with Gasteiger partial charge in [-0.25, -0.2) is 0 Å². The molecule has 0 amide bonds. The van der Waals surface area contributed by atoms with Crippen molar-refractivity contribution in [3.8, 4) is 22.6 Å². The van der Waals surface area contributed by atoms with Gasteiger partial charge in [-0.1, -0.05) is 54.6 Å². The van der Waals surface area contributed by atoms with Crippen molar-refractivity contribution in [3.63, 3.8) is 0 Å². The number of β-amino-alcohol motifs (C(OH)–C–C–N with tert-alkyl or cyclic N) is 1. The Morgan fingerprint density at radius 1 is 0.821 bits per heavy atom. The van der Waals surface area contributed by atoms with E-state index in [-0.39, 0.29) is 12.7 Å². The summed E-state index contributed by atoms with van der Waals surface area (Å²) in [6.07, 6.45) is 2.53. The highest BCUT2D eigenvalue weighted by atomic mass is 16.5. The molecule has 1 saturated heterocycles. The monoisotopic (exact) mass is 532 g/mol. The van der Waals surface area contributed by atoms with E-state index in [1.165, 1.54) is 5.56 Å². The molecule has 0 bridgehead atoms. The molecule has 0 aliphatic carbocycles. The zero-order valence-electron chi connectivity index (χ0n) is 23.5. The molecule has 0 saturated carbocycles. The smallest absolute Gasteiger partial charge is 0.122 e. The third-order valence-corrected chi connectivity index (χ3v) is 7.52. The topological polar surface area (TPSA) is 65.4 Å². The molecule has 1 unspecified atom stereocenters. The molecule has 0 aromatic heterocycles. The Morgan fingerprint density at radius 3 is 2.05 bits per heavy atom. The standard InChI is InChI=1S/C33H44N2O4/c1-26-30(12-6-14-32(26)38-22-8-17-34-19-16-29(37)25-34)31-13-7-15-33(27(31)2)39-23-9-18-35(20-21-36)24-28-10-4-3-5-11-28/h3-7,10-15,29,36-37H,8-9,16-25H2,1-2H3. The molecule has 1 aliphatic rings. The molecule has 39 heavy (non-hydrogen) atoms. The average Bonchev–Trinajstić information content (AvgIpc) is 3.36. The highest BCUT2D eigenvalue weighted by Crippen LogP contribution is 2.35. The van der Waals surface area contributed by atoms with E-state index in [1.807, 2.05) is 18.2 Å². The first-order valence-corrected chi connectivity index (χ1v) is 14.3. The highest BCUT2D eigenvalue weighted by Gasteiger charge is 2.19. The Labute approximate surface area is 233 Å². The summed E-state index contributed by atoms with van der Waals surface area (Å²) >= 11 is 0. The molecule has 1 aliphatic heterocycles. The predicted molar refractivity (Wildman–Crippen MR) is 157 cm³/mol. The fourth-order valence-corrected chi connectivity index (χ4v) is 5.33. The second-order valence-corrected chi connectivity index (χ2v) is 10.5. The summed E-state index contributed by atoms with van der Waals surface area (Å²) < 4.78 is 12.4. The number of likely N-dealkylation sites (tertiary alicyclic amines) is 1. The van der Waals surface area contributed by atoms with Crippen molar-refractivity contribution < 1.29 is 19.7 Å². The average molecular weight is 533 g/mol. The largest absolute Gasteiger partial charge is 0.493 e. The van der Waals surface area contributed by atoms with Gasteiger partial charge >= 0.3 is 0 Å². The lowest BCUT2D eigenvalue weighted by atomic mass is 9.95. The van der Waals surface area contributed by atoms with E-state index in [2.05, 4.69) is 72.2 Å². The molecule has 3 aromatic rings. The third kappa shape index (κ3) is 8.54. The summed E-state index contributed by atoms with van der Waals surface area (Å²) in [5, 5.41) is 19.2. The van der Waals surface area contributed by atoms with Gasteiger partial charge in [0, 0.05) is 39.3 Å². The first-order valence-electron chi connectivity index (χ1n) is 14.3. The summed E-state index contributed by atoms with van der Waals surface area (Å²) in [7, 11) is 0. The van der Waals surface area contributed by atoms with Gasteiger partial charge in [-0.3, -0.25) is 4.90 Å². The fourth-order valence-electron chi connectivity index (χ4n) is 5.33. The van der Waals surface area contributed by atoms with Crippen LogP contribution >= 0.6 is 0 Å². The number of ether oxygens (including phenoxy) is 2. The van der Waals surface area contributed by atoms with E-state index >= 15 is 0 Å². The van der Waals surface area contributed by atoms with Crippen LogP contribution in [-0.4, -0.2) is 78.7 Å². The summed E-state index contributed by atoms with van der Waals surface area (Å²) in [6.45, 7) is 10.7. The van der Waals surface area contributed by atoms with Gasteiger partial charge in [-0.2, -0.15) is 0 Å². The second kappa shape index (κ2) is 15.0. The molecule has 4 rings (SSSR count). The number of rotatable bonds is 15. The van der Waals surface area contributed by atoms with Crippen LogP contribution in [0.3, 0.4) is 0 Å². The van der Waals surface area contributed by atoms with Gasteiger partial charge in [-0.15, -0.1) is 0 Å². The van der Waals surface area contributed by atoms with Crippen molar-refractivity contribution in [2.75, 3.05) is 52.5 Å². The van der Waals surface area contributed by atoms with E-state index in [4.69, 9.17) is 9.47 Å². The minimum absolute atomic E-state index is 0.152. The van der Waals surface area contributed by atoms with Crippen molar-refractivity contribution in [3.05, 3.63) is 83.4 Å². The summed E-state index contributed by atoms with van der Waals surface area (Å²) in [4.78, 5) is 4.57. The molecular weight excluding hydrogens is 488 g/mol. The van der Waals surface area contributed by atoms with E-state index in [1.54, 1.807) is 0 Å². The Bertz CT molecular complexity index is 1150. The van der Waals surface area contributed by atoms with Crippen molar-refractivity contribution in [2.45, 2.75) is 45.8 Å². The van der Waals surface area contributed by atoms with E-state index in [0.717, 1.165) is 85.7 Å². The maximum absolute atomic E-state index is 9.71. The molecule has 2 N–H and O–H groups in total. The number of aliphatic hydroxyl groups excluding tert-OH is 2. The Morgan fingerprint density at radius 2 is 1.46 bits per heavy atom. The Balaban J connectivity index is 1.31. The normalized spacial score (nSPS) is 15.7. The van der Waals surface area contributed by atoms with Crippen LogP contribution in [0.25, 0.3) is 11.1 Å².